The predicted octanol–water partition coefficient (Wildman–Crippen LogP) is 2.53. The highest BCUT2D eigenvalue weighted by Gasteiger charge is 2.36. The van der Waals surface area contributed by atoms with Crippen LogP contribution in [-0.2, 0) is 0 Å². The number of hydrogen-bond donors (Lipinski definition) is 1. The molecule has 2 heteroatoms. The summed E-state index contributed by atoms with van der Waals surface area (Å²) in [6.45, 7) is 0. The number of hydrogen-bond acceptors (Lipinski definition) is 2. The maximum atomic E-state index is 3.75. The van der Waals surface area contributed by atoms with Crippen molar-refractivity contribution in [2.75, 3.05) is 7.05 Å². The van der Waals surface area contributed by atoms with Gasteiger partial charge in [0.1, 0.15) is 0 Å². The normalized spacial score (nSPS) is 40.5. The summed E-state index contributed by atoms with van der Waals surface area (Å²) in [6, 6.07) is 3.46. The molecule has 0 aromatic carbocycles. The summed E-state index contributed by atoms with van der Waals surface area (Å²) >= 11 is 0. The quantitative estimate of drug-likeness (QED) is 0.772. The van der Waals surface area contributed by atoms with E-state index in [1.807, 2.05) is 0 Å². The van der Waals surface area contributed by atoms with E-state index in [-0.39, 0.29) is 0 Å². The van der Waals surface area contributed by atoms with Gasteiger partial charge in [-0.15, -0.1) is 0 Å². The number of rotatable bonds is 2. The van der Waals surface area contributed by atoms with Crippen LogP contribution in [0.1, 0.15) is 57.8 Å². The number of fused-ring (bicyclic) bond motifs is 2. The van der Waals surface area contributed by atoms with Crippen LogP contribution in [0, 0.1) is 0 Å². The smallest absolute Gasteiger partial charge is 0.0125 e. The second-order valence-electron chi connectivity index (χ2n) is 6.22. The molecule has 1 saturated carbocycles. The summed E-state index contributed by atoms with van der Waals surface area (Å²) in [7, 11) is 2.39. The Morgan fingerprint density at radius 3 is 2.06 bits per heavy atom. The molecule has 2 heterocycles. The van der Waals surface area contributed by atoms with Gasteiger partial charge < -0.3 is 10.2 Å². The summed E-state index contributed by atoms with van der Waals surface area (Å²) in [6.07, 6.45) is 13.0. The Kier molecular flexibility index (Phi) is 3.21. The van der Waals surface area contributed by atoms with E-state index in [4.69, 9.17) is 0 Å². The van der Waals surface area contributed by atoms with E-state index in [9.17, 15) is 0 Å². The summed E-state index contributed by atoms with van der Waals surface area (Å²) < 4.78 is 0. The number of nitrogens with one attached hydrogen (secondary N) is 1. The van der Waals surface area contributed by atoms with Gasteiger partial charge in [0.2, 0.25) is 0 Å². The highest BCUT2D eigenvalue weighted by atomic mass is 15.2. The van der Waals surface area contributed by atoms with Crippen LogP contribution in [0.25, 0.3) is 0 Å². The SMILES string of the molecule is CN(C1CCCCC1)C1CC2CCC(C1)N2. The maximum absolute atomic E-state index is 3.75. The van der Waals surface area contributed by atoms with E-state index < -0.39 is 0 Å². The first-order chi connectivity index (χ1) is 7.83. The van der Waals surface area contributed by atoms with Gasteiger partial charge >= 0.3 is 0 Å². The Labute approximate surface area is 99.8 Å². The van der Waals surface area contributed by atoms with E-state index in [0.29, 0.717) is 0 Å². The molecule has 2 atom stereocenters. The van der Waals surface area contributed by atoms with Crippen LogP contribution in [0.4, 0.5) is 0 Å². The zero-order valence-electron chi connectivity index (χ0n) is 10.6. The summed E-state index contributed by atoms with van der Waals surface area (Å²) in [5.74, 6) is 0. The van der Waals surface area contributed by atoms with Crippen LogP contribution in [0.5, 0.6) is 0 Å². The van der Waals surface area contributed by atoms with Gasteiger partial charge in [0.05, 0.1) is 0 Å². The third-order valence-corrected chi connectivity index (χ3v) is 5.17. The highest BCUT2D eigenvalue weighted by molar-refractivity contribution is 4.96. The molecule has 2 unspecified atom stereocenters. The average Bonchev–Trinajstić information content (AvgIpc) is 2.68. The van der Waals surface area contributed by atoms with Gasteiger partial charge in [-0.05, 0) is 45.6 Å². The highest BCUT2D eigenvalue weighted by Crippen LogP contribution is 2.32. The minimum atomic E-state index is 0.842. The van der Waals surface area contributed by atoms with Crippen LogP contribution >= 0.6 is 0 Å². The van der Waals surface area contributed by atoms with Crippen LogP contribution in [-0.4, -0.2) is 36.1 Å². The molecule has 1 aliphatic carbocycles. The number of piperidine rings is 1. The van der Waals surface area contributed by atoms with Crippen molar-refractivity contribution in [1.82, 2.24) is 10.2 Å². The summed E-state index contributed by atoms with van der Waals surface area (Å²) in [5.41, 5.74) is 0. The lowest BCUT2D eigenvalue weighted by Crippen LogP contribution is -2.50. The molecule has 92 valence electrons. The second-order valence-corrected chi connectivity index (χ2v) is 6.22. The monoisotopic (exact) mass is 222 g/mol. The Morgan fingerprint density at radius 1 is 0.812 bits per heavy atom. The molecule has 2 saturated heterocycles. The second kappa shape index (κ2) is 4.66. The van der Waals surface area contributed by atoms with Gasteiger partial charge in [0, 0.05) is 24.2 Å². The van der Waals surface area contributed by atoms with Gasteiger partial charge in [0.15, 0.2) is 0 Å². The van der Waals surface area contributed by atoms with Crippen LogP contribution in [0.15, 0.2) is 0 Å². The third-order valence-electron chi connectivity index (χ3n) is 5.17. The fourth-order valence-corrected chi connectivity index (χ4v) is 4.15. The Bertz CT molecular complexity index is 223. The molecule has 2 bridgehead atoms. The summed E-state index contributed by atoms with van der Waals surface area (Å²) in [4.78, 5) is 2.74. The van der Waals surface area contributed by atoms with Crippen molar-refractivity contribution in [1.29, 1.82) is 0 Å². The molecule has 0 aromatic rings. The topological polar surface area (TPSA) is 15.3 Å². The maximum Gasteiger partial charge on any atom is 0.0125 e. The van der Waals surface area contributed by atoms with Crippen LogP contribution < -0.4 is 5.32 Å². The molecule has 0 amide bonds. The Morgan fingerprint density at radius 2 is 1.44 bits per heavy atom. The molecular weight excluding hydrogens is 196 g/mol. The van der Waals surface area contributed by atoms with Gasteiger partial charge in [-0.25, -0.2) is 0 Å². The predicted molar refractivity (Wildman–Crippen MR) is 67.6 cm³/mol. The van der Waals surface area contributed by atoms with Gasteiger partial charge in [-0.2, -0.15) is 0 Å². The van der Waals surface area contributed by atoms with E-state index in [1.165, 1.54) is 57.8 Å². The van der Waals surface area contributed by atoms with Crippen molar-refractivity contribution >= 4 is 0 Å². The van der Waals surface area contributed by atoms with E-state index in [2.05, 4.69) is 17.3 Å². The van der Waals surface area contributed by atoms with Gasteiger partial charge in [-0.1, -0.05) is 19.3 Å². The van der Waals surface area contributed by atoms with Crippen molar-refractivity contribution in [2.24, 2.45) is 0 Å². The lowest BCUT2D eigenvalue weighted by atomic mass is 9.90. The minimum absolute atomic E-state index is 0.842. The largest absolute Gasteiger partial charge is 0.311 e. The molecule has 16 heavy (non-hydrogen) atoms. The molecule has 0 aromatic heterocycles. The Hall–Kier alpha value is -0.0800. The first kappa shape index (κ1) is 11.0. The molecule has 2 nitrogen and oxygen atoms in total. The first-order valence-electron chi connectivity index (χ1n) is 7.31. The van der Waals surface area contributed by atoms with Crippen molar-refractivity contribution in [3.8, 4) is 0 Å². The minimum Gasteiger partial charge on any atom is -0.311 e. The lowest BCUT2D eigenvalue weighted by Gasteiger charge is -2.41. The van der Waals surface area contributed by atoms with Crippen LogP contribution in [0.2, 0.25) is 0 Å². The number of nitrogens with zero attached hydrogens (tertiary/aromatic N) is 1. The van der Waals surface area contributed by atoms with Gasteiger partial charge in [0.25, 0.3) is 0 Å². The van der Waals surface area contributed by atoms with Crippen molar-refractivity contribution < 1.29 is 0 Å². The first-order valence-corrected chi connectivity index (χ1v) is 7.31. The molecule has 3 aliphatic rings. The van der Waals surface area contributed by atoms with Crippen molar-refractivity contribution in [3.05, 3.63) is 0 Å². The fraction of sp³-hybridized carbons (Fsp3) is 1.00. The standard InChI is InChI=1S/C14H26N2/c1-16(13-5-3-2-4-6-13)14-9-11-7-8-12(10-14)15-11/h11-15H,2-10H2,1H3. The van der Waals surface area contributed by atoms with Crippen LogP contribution in [0.3, 0.4) is 0 Å². The molecular formula is C14H26N2. The molecule has 2 aliphatic heterocycles. The van der Waals surface area contributed by atoms with Gasteiger partial charge in [-0.3, -0.25) is 0 Å². The Balaban J connectivity index is 1.59. The third kappa shape index (κ3) is 2.14. The molecule has 3 fully saturated rings. The van der Waals surface area contributed by atoms with Crippen molar-refractivity contribution in [2.45, 2.75) is 82.0 Å². The summed E-state index contributed by atoms with van der Waals surface area (Å²) in [5, 5.41) is 3.75. The van der Waals surface area contributed by atoms with E-state index in [0.717, 1.165) is 24.2 Å². The molecule has 0 spiro atoms. The van der Waals surface area contributed by atoms with E-state index in [1.54, 1.807) is 0 Å². The average molecular weight is 222 g/mol. The molecule has 3 rings (SSSR count). The fourth-order valence-electron chi connectivity index (χ4n) is 4.15. The zero-order valence-corrected chi connectivity index (χ0v) is 10.6. The lowest BCUT2D eigenvalue weighted by molar-refractivity contribution is 0.101. The van der Waals surface area contributed by atoms with E-state index >= 15 is 0 Å². The zero-order chi connectivity index (χ0) is 11.0. The molecule has 1 N–H and O–H groups in total. The molecule has 0 radical (unpaired) electrons. The van der Waals surface area contributed by atoms with Crippen molar-refractivity contribution in [3.63, 3.8) is 0 Å².